The molecular formula is C20H28BBrN2O6S2. The number of sulfone groups is 2. The summed E-state index contributed by atoms with van der Waals surface area (Å²) in [6, 6.07) is 3.52. The average molecular weight is 547 g/mol. The first-order chi connectivity index (χ1) is 14.5. The van der Waals surface area contributed by atoms with Crippen LogP contribution in [0, 0.1) is 0 Å². The molecular weight excluding hydrogens is 519 g/mol. The van der Waals surface area contributed by atoms with Gasteiger partial charge in [-0.25, -0.2) is 16.8 Å². The SMILES string of the molecule is CC1(C)OB(c2cncc(CS(C)(=O)=O)c2)OC1(C)C.CS(=O)(=O)Cc1cncc(Br)c1. The lowest BCUT2D eigenvalue weighted by Crippen LogP contribution is -2.41. The number of rotatable bonds is 5. The van der Waals surface area contributed by atoms with Crippen LogP contribution in [0.5, 0.6) is 0 Å². The van der Waals surface area contributed by atoms with Crippen LogP contribution in [0.3, 0.4) is 0 Å². The Bertz CT molecular complexity index is 1150. The number of pyridine rings is 2. The summed E-state index contributed by atoms with van der Waals surface area (Å²) in [7, 11) is -6.56. The number of hydrogen-bond acceptors (Lipinski definition) is 8. The van der Waals surface area contributed by atoms with Crippen LogP contribution in [0.1, 0.15) is 38.8 Å². The second-order valence-electron chi connectivity index (χ2n) is 8.87. The Kier molecular flexibility index (Phi) is 8.31. The van der Waals surface area contributed by atoms with Crippen LogP contribution in [0.15, 0.2) is 41.4 Å². The van der Waals surface area contributed by atoms with Gasteiger partial charge in [0.2, 0.25) is 0 Å². The number of hydrogen-bond donors (Lipinski definition) is 0. The van der Waals surface area contributed by atoms with Gasteiger partial charge in [0.05, 0.1) is 22.7 Å². The summed E-state index contributed by atoms with van der Waals surface area (Å²) in [5.41, 5.74) is 1.23. The molecule has 0 aromatic carbocycles. The largest absolute Gasteiger partial charge is 0.496 e. The zero-order valence-electron chi connectivity index (χ0n) is 19.0. The lowest BCUT2D eigenvalue weighted by Gasteiger charge is -2.32. The summed E-state index contributed by atoms with van der Waals surface area (Å²) >= 11 is 3.21. The average Bonchev–Trinajstić information content (AvgIpc) is 2.80. The molecule has 8 nitrogen and oxygen atoms in total. The Balaban J connectivity index is 0.000000258. The van der Waals surface area contributed by atoms with Crippen LogP contribution in [0.2, 0.25) is 0 Å². The molecule has 0 atom stereocenters. The Morgan fingerprint density at radius 2 is 1.25 bits per heavy atom. The molecule has 2 aromatic rings. The molecule has 0 bridgehead atoms. The molecule has 3 heterocycles. The maximum absolute atomic E-state index is 11.3. The van der Waals surface area contributed by atoms with Gasteiger partial charge in [0.1, 0.15) is 0 Å². The molecule has 32 heavy (non-hydrogen) atoms. The van der Waals surface area contributed by atoms with E-state index in [1.165, 1.54) is 12.5 Å². The van der Waals surface area contributed by atoms with E-state index in [0.29, 0.717) is 11.1 Å². The van der Waals surface area contributed by atoms with Gasteiger partial charge < -0.3 is 9.31 Å². The first kappa shape index (κ1) is 26.9. The minimum absolute atomic E-state index is 0.0344. The monoisotopic (exact) mass is 546 g/mol. The zero-order chi connectivity index (χ0) is 24.4. The maximum Gasteiger partial charge on any atom is 0.496 e. The molecule has 0 unspecified atom stereocenters. The highest BCUT2D eigenvalue weighted by Crippen LogP contribution is 2.36. The van der Waals surface area contributed by atoms with Crippen molar-refractivity contribution in [2.75, 3.05) is 12.5 Å². The molecule has 0 saturated carbocycles. The number of halogens is 1. The summed E-state index contributed by atoms with van der Waals surface area (Å²) < 4.78 is 57.1. The van der Waals surface area contributed by atoms with Crippen LogP contribution in [-0.2, 0) is 40.5 Å². The van der Waals surface area contributed by atoms with E-state index in [9.17, 15) is 16.8 Å². The van der Waals surface area contributed by atoms with E-state index in [-0.39, 0.29) is 11.5 Å². The minimum atomic E-state index is -3.08. The first-order valence-electron chi connectivity index (χ1n) is 9.72. The van der Waals surface area contributed by atoms with Crippen molar-refractivity contribution in [3.63, 3.8) is 0 Å². The summed E-state index contributed by atoms with van der Waals surface area (Å²) in [4.78, 5) is 7.94. The Morgan fingerprint density at radius 3 is 1.69 bits per heavy atom. The third-order valence-electron chi connectivity index (χ3n) is 4.96. The molecule has 0 N–H and O–H groups in total. The second-order valence-corrected chi connectivity index (χ2v) is 14.1. The van der Waals surface area contributed by atoms with Gasteiger partial charge in [-0.1, -0.05) is 6.07 Å². The smallest absolute Gasteiger partial charge is 0.399 e. The topological polar surface area (TPSA) is 113 Å². The number of aromatic nitrogens is 2. The van der Waals surface area contributed by atoms with E-state index in [1.54, 1.807) is 36.9 Å². The molecule has 3 rings (SSSR count). The van der Waals surface area contributed by atoms with Crippen LogP contribution in [0.4, 0.5) is 0 Å². The summed E-state index contributed by atoms with van der Waals surface area (Å²) in [5, 5.41) is 0. The van der Waals surface area contributed by atoms with Gasteiger partial charge in [-0.15, -0.1) is 0 Å². The highest BCUT2D eigenvalue weighted by molar-refractivity contribution is 9.10. The molecule has 1 aliphatic heterocycles. The third-order valence-corrected chi connectivity index (χ3v) is 7.11. The van der Waals surface area contributed by atoms with Gasteiger partial charge >= 0.3 is 7.12 Å². The Labute approximate surface area is 199 Å². The van der Waals surface area contributed by atoms with E-state index in [2.05, 4.69) is 25.9 Å². The van der Waals surface area contributed by atoms with Gasteiger partial charge in [-0.3, -0.25) is 9.97 Å². The zero-order valence-corrected chi connectivity index (χ0v) is 22.2. The van der Waals surface area contributed by atoms with E-state index in [0.717, 1.165) is 9.94 Å². The van der Waals surface area contributed by atoms with Crippen LogP contribution in [0.25, 0.3) is 0 Å². The van der Waals surface area contributed by atoms with Crippen molar-refractivity contribution in [2.24, 2.45) is 0 Å². The molecule has 1 fully saturated rings. The van der Waals surface area contributed by atoms with E-state index >= 15 is 0 Å². The molecule has 1 aliphatic rings. The fourth-order valence-electron chi connectivity index (χ4n) is 2.83. The standard InChI is InChI=1S/C13H20BNO4S.C7H8BrNO2S/c1-12(2)13(3,4)19-14(18-12)11-6-10(7-15-8-11)9-20(5,16)17;1-12(10,11)5-6-2-7(8)4-9-3-6/h6-8H,9H2,1-5H3;2-4H,5H2,1H3. The lowest BCUT2D eigenvalue weighted by atomic mass is 9.80. The van der Waals surface area contributed by atoms with E-state index in [4.69, 9.17) is 9.31 Å². The first-order valence-corrected chi connectivity index (χ1v) is 14.6. The number of nitrogens with zero attached hydrogens (tertiary/aromatic N) is 2. The van der Waals surface area contributed by atoms with Crippen molar-refractivity contribution in [3.05, 3.63) is 52.5 Å². The minimum Gasteiger partial charge on any atom is -0.399 e. The van der Waals surface area contributed by atoms with Crippen molar-refractivity contribution < 1.29 is 26.1 Å². The highest BCUT2D eigenvalue weighted by atomic mass is 79.9. The third kappa shape index (κ3) is 8.22. The molecule has 1 saturated heterocycles. The Hall–Kier alpha value is -1.34. The second kappa shape index (κ2) is 9.88. The van der Waals surface area contributed by atoms with Crippen LogP contribution in [-0.4, -0.2) is 57.6 Å². The molecule has 0 aliphatic carbocycles. The lowest BCUT2D eigenvalue weighted by molar-refractivity contribution is 0.00578. The van der Waals surface area contributed by atoms with Gasteiger partial charge in [0.25, 0.3) is 0 Å². The molecule has 0 amide bonds. The predicted molar refractivity (Wildman–Crippen MR) is 129 cm³/mol. The van der Waals surface area contributed by atoms with Crippen molar-refractivity contribution in [3.8, 4) is 0 Å². The van der Waals surface area contributed by atoms with Gasteiger partial charge in [0.15, 0.2) is 19.7 Å². The van der Waals surface area contributed by atoms with Crippen LogP contribution < -0.4 is 5.46 Å². The molecule has 0 spiro atoms. The molecule has 176 valence electrons. The van der Waals surface area contributed by atoms with Gasteiger partial charge in [0, 0.05) is 47.2 Å². The van der Waals surface area contributed by atoms with Crippen molar-refractivity contribution in [1.29, 1.82) is 0 Å². The normalized spacial score (nSPS) is 17.5. The molecule has 0 radical (unpaired) electrons. The summed E-state index contributed by atoms with van der Waals surface area (Å²) in [6.45, 7) is 7.89. The van der Waals surface area contributed by atoms with Crippen LogP contribution >= 0.6 is 15.9 Å². The summed E-state index contributed by atoms with van der Waals surface area (Å²) in [6.07, 6.45) is 8.77. The Morgan fingerprint density at radius 1 is 0.812 bits per heavy atom. The van der Waals surface area contributed by atoms with Crippen molar-refractivity contribution in [2.45, 2.75) is 50.4 Å². The van der Waals surface area contributed by atoms with Crippen molar-refractivity contribution >= 4 is 48.2 Å². The quantitative estimate of drug-likeness (QED) is 0.525. The maximum atomic E-state index is 11.3. The predicted octanol–water partition coefficient (Wildman–Crippen LogP) is 2.31. The van der Waals surface area contributed by atoms with E-state index < -0.39 is 38.0 Å². The highest BCUT2D eigenvalue weighted by Gasteiger charge is 2.51. The summed E-state index contributed by atoms with van der Waals surface area (Å²) in [5.74, 6) is 0.00673. The van der Waals surface area contributed by atoms with Crippen molar-refractivity contribution in [1.82, 2.24) is 9.97 Å². The van der Waals surface area contributed by atoms with E-state index in [1.807, 2.05) is 27.7 Å². The molecule has 12 heteroatoms. The fourth-order valence-corrected chi connectivity index (χ4v) is 4.77. The molecule has 2 aromatic heterocycles. The van der Waals surface area contributed by atoms with Gasteiger partial charge in [-0.05, 0) is 60.8 Å². The van der Waals surface area contributed by atoms with Gasteiger partial charge in [-0.2, -0.15) is 0 Å². The fraction of sp³-hybridized carbons (Fsp3) is 0.500.